The third-order valence-electron chi connectivity index (χ3n) is 5.15. The molecule has 1 amide bonds. The highest BCUT2D eigenvalue weighted by Crippen LogP contribution is 2.42. The van der Waals surface area contributed by atoms with Crippen LogP contribution >= 0.6 is 0 Å². The van der Waals surface area contributed by atoms with Gasteiger partial charge in [0.25, 0.3) is 5.91 Å². The maximum atomic E-state index is 13.3. The minimum Gasteiger partial charge on any atom is -0.329 e. The van der Waals surface area contributed by atoms with Gasteiger partial charge >= 0.3 is 0 Å². The molecule has 2 aliphatic rings. The highest BCUT2D eigenvalue weighted by Gasteiger charge is 2.40. The zero-order valence-electron chi connectivity index (χ0n) is 13.3. The Hall–Kier alpha value is -2.69. The van der Waals surface area contributed by atoms with Crippen LogP contribution in [0.15, 0.2) is 48.9 Å². The fourth-order valence-electron chi connectivity index (χ4n) is 3.84. The molecule has 2 aliphatic carbocycles. The Balaban J connectivity index is 1.53. The lowest BCUT2D eigenvalue weighted by Crippen LogP contribution is -2.36. The summed E-state index contributed by atoms with van der Waals surface area (Å²) in [5.74, 6) is 0.120. The Morgan fingerprint density at radius 1 is 1.12 bits per heavy atom. The lowest BCUT2D eigenvalue weighted by atomic mass is 10.1. The molecule has 1 aromatic carbocycles. The molecular formula is C19H18N4O. The number of pyridine rings is 1. The quantitative estimate of drug-likeness (QED) is 0.746. The zero-order chi connectivity index (χ0) is 16.1. The van der Waals surface area contributed by atoms with Crippen molar-refractivity contribution in [2.45, 2.75) is 37.8 Å². The predicted molar refractivity (Wildman–Crippen MR) is 89.7 cm³/mol. The smallest absolute Gasteiger partial charge is 0.256 e. The van der Waals surface area contributed by atoms with Crippen molar-refractivity contribution in [2.24, 2.45) is 0 Å². The number of aromatic nitrogens is 3. The number of aryl methyl sites for hydroxylation is 1. The third-order valence-corrected chi connectivity index (χ3v) is 5.15. The molecule has 120 valence electrons. The van der Waals surface area contributed by atoms with Crippen LogP contribution in [0.5, 0.6) is 0 Å². The Morgan fingerprint density at radius 3 is 2.88 bits per heavy atom. The Kier molecular flexibility index (Phi) is 2.95. The maximum Gasteiger partial charge on any atom is 0.256 e. The zero-order valence-corrected chi connectivity index (χ0v) is 13.3. The standard InChI is InChI=1S/C19H18N4O/c24-19(14-6-10-18-21-20-12-22(18)11-14)23(15-7-8-15)17-9-5-13-3-1-2-4-16(13)17/h1-4,6,10-12,15,17H,5,7-9H2/t17-/m0/s1. The van der Waals surface area contributed by atoms with Crippen LogP contribution in [-0.4, -0.2) is 31.4 Å². The van der Waals surface area contributed by atoms with E-state index in [0.717, 1.165) is 31.3 Å². The first-order chi connectivity index (χ1) is 11.8. The molecular weight excluding hydrogens is 300 g/mol. The molecule has 0 saturated heterocycles. The van der Waals surface area contributed by atoms with E-state index < -0.39 is 0 Å². The van der Waals surface area contributed by atoms with Gasteiger partial charge < -0.3 is 4.90 Å². The van der Waals surface area contributed by atoms with Crippen LogP contribution in [0.25, 0.3) is 5.65 Å². The van der Waals surface area contributed by atoms with Crippen molar-refractivity contribution < 1.29 is 4.79 Å². The molecule has 1 saturated carbocycles. The van der Waals surface area contributed by atoms with Crippen LogP contribution in [0.3, 0.4) is 0 Å². The van der Waals surface area contributed by atoms with Crippen LogP contribution in [0, 0.1) is 0 Å². The van der Waals surface area contributed by atoms with Crippen LogP contribution in [0.4, 0.5) is 0 Å². The lowest BCUT2D eigenvalue weighted by Gasteiger charge is -2.30. The van der Waals surface area contributed by atoms with E-state index in [0.29, 0.717) is 11.6 Å². The van der Waals surface area contributed by atoms with Gasteiger partial charge in [-0.05, 0) is 48.9 Å². The number of hydrogen-bond donors (Lipinski definition) is 0. The lowest BCUT2D eigenvalue weighted by molar-refractivity contribution is 0.0657. The highest BCUT2D eigenvalue weighted by atomic mass is 16.2. The molecule has 2 heterocycles. The van der Waals surface area contributed by atoms with Gasteiger partial charge in [0.2, 0.25) is 0 Å². The van der Waals surface area contributed by atoms with Crippen LogP contribution in [0.2, 0.25) is 0 Å². The Labute approximate surface area is 139 Å². The van der Waals surface area contributed by atoms with Crippen molar-refractivity contribution in [3.63, 3.8) is 0 Å². The Bertz CT molecular complexity index is 928. The first-order valence-electron chi connectivity index (χ1n) is 8.51. The topological polar surface area (TPSA) is 50.5 Å². The minimum absolute atomic E-state index is 0.120. The molecule has 0 radical (unpaired) electrons. The molecule has 3 aromatic rings. The predicted octanol–water partition coefficient (Wildman–Crippen LogP) is 3.02. The molecule has 0 spiro atoms. The number of fused-ring (bicyclic) bond motifs is 2. The minimum atomic E-state index is 0.120. The number of amides is 1. The summed E-state index contributed by atoms with van der Waals surface area (Å²) >= 11 is 0. The number of rotatable bonds is 3. The van der Waals surface area contributed by atoms with Gasteiger partial charge in [0.05, 0.1) is 11.6 Å². The maximum absolute atomic E-state index is 13.3. The largest absolute Gasteiger partial charge is 0.329 e. The number of nitrogens with zero attached hydrogens (tertiary/aromatic N) is 4. The molecule has 2 aromatic heterocycles. The van der Waals surface area contributed by atoms with E-state index in [1.165, 1.54) is 11.1 Å². The van der Waals surface area contributed by atoms with E-state index in [2.05, 4.69) is 39.4 Å². The number of carbonyl (C=O) groups excluding carboxylic acids is 1. The summed E-state index contributed by atoms with van der Waals surface area (Å²) in [5, 5.41) is 7.90. The summed E-state index contributed by atoms with van der Waals surface area (Å²) in [6.45, 7) is 0. The van der Waals surface area contributed by atoms with Crippen molar-refractivity contribution in [2.75, 3.05) is 0 Å². The van der Waals surface area contributed by atoms with E-state index in [1.807, 2.05) is 18.3 Å². The van der Waals surface area contributed by atoms with E-state index in [9.17, 15) is 4.79 Å². The van der Waals surface area contributed by atoms with Crippen molar-refractivity contribution in [3.05, 3.63) is 65.6 Å². The summed E-state index contributed by atoms with van der Waals surface area (Å²) in [5.41, 5.74) is 4.17. The molecule has 0 aliphatic heterocycles. The van der Waals surface area contributed by atoms with Gasteiger partial charge in [-0.1, -0.05) is 24.3 Å². The van der Waals surface area contributed by atoms with Crippen LogP contribution < -0.4 is 0 Å². The summed E-state index contributed by atoms with van der Waals surface area (Å²) in [4.78, 5) is 15.4. The van der Waals surface area contributed by atoms with E-state index in [4.69, 9.17) is 0 Å². The van der Waals surface area contributed by atoms with E-state index >= 15 is 0 Å². The van der Waals surface area contributed by atoms with Gasteiger partial charge in [-0.3, -0.25) is 9.20 Å². The highest BCUT2D eigenvalue weighted by molar-refractivity contribution is 5.95. The van der Waals surface area contributed by atoms with Gasteiger partial charge in [0.1, 0.15) is 6.33 Å². The molecule has 5 rings (SSSR count). The van der Waals surface area contributed by atoms with Crippen LogP contribution in [0.1, 0.15) is 46.8 Å². The summed E-state index contributed by atoms with van der Waals surface area (Å²) in [7, 11) is 0. The van der Waals surface area contributed by atoms with E-state index in [-0.39, 0.29) is 11.9 Å². The van der Waals surface area contributed by atoms with Gasteiger partial charge in [-0.2, -0.15) is 0 Å². The van der Waals surface area contributed by atoms with Crippen LogP contribution in [-0.2, 0) is 6.42 Å². The third kappa shape index (κ3) is 2.12. The number of hydrogen-bond acceptors (Lipinski definition) is 3. The average Bonchev–Trinajstić information content (AvgIpc) is 3.18. The molecule has 24 heavy (non-hydrogen) atoms. The summed E-state index contributed by atoms with van der Waals surface area (Å²) in [6, 6.07) is 12.8. The van der Waals surface area contributed by atoms with Gasteiger partial charge in [-0.25, -0.2) is 0 Å². The first-order valence-corrected chi connectivity index (χ1v) is 8.51. The summed E-state index contributed by atoms with van der Waals surface area (Å²) in [6.07, 6.45) is 7.78. The first kappa shape index (κ1) is 13.7. The average molecular weight is 318 g/mol. The summed E-state index contributed by atoms with van der Waals surface area (Å²) < 4.78 is 1.81. The Morgan fingerprint density at radius 2 is 2.00 bits per heavy atom. The fraction of sp³-hybridized carbons (Fsp3) is 0.316. The second-order valence-electron chi connectivity index (χ2n) is 6.71. The van der Waals surface area contributed by atoms with Gasteiger partial charge in [0.15, 0.2) is 5.65 Å². The molecule has 5 nitrogen and oxygen atoms in total. The molecule has 1 atom stereocenters. The molecule has 0 N–H and O–H groups in total. The molecule has 5 heteroatoms. The monoisotopic (exact) mass is 318 g/mol. The molecule has 0 unspecified atom stereocenters. The van der Waals surface area contributed by atoms with Crippen molar-refractivity contribution in [3.8, 4) is 0 Å². The van der Waals surface area contributed by atoms with Crippen molar-refractivity contribution in [1.82, 2.24) is 19.5 Å². The van der Waals surface area contributed by atoms with Gasteiger partial charge in [-0.15, -0.1) is 10.2 Å². The normalized spacial score (nSPS) is 19.4. The second kappa shape index (κ2) is 5.16. The fourth-order valence-corrected chi connectivity index (χ4v) is 3.84. The van der Waals surface area contributed by atoms with E-state index in [1.54, 1.807) is 10.7 Å². The number of carbonyl (C=O) groups is 1. The SMILES string of the molecule is O=C(c1ccc2nncn2c1)N(C1CC1)[C@H]1CCc2ccccc21. The molecule has 0 bridgehead atoms. The van der Waals surface area contributed by atoms with Gasteiger partial charge in [0, 0.05) is 12.2 Å². The van der Waals surface area contributed by atoms with Crippen molar-refractivity contribution in [1.29, 1.82) is 0 Å². The second-order valence-corrected chi connectivity index (χ2v) is 6.71. The van der Waals surface area contributed by atoms with Crippen molar-refractivity contribution >= 4 is 11.6 Å². The number of benzene rings is 1. The molecule has 1 fully saturated rings.